The number of piperidine rings is 1. The number of guanidine groups is 1. The van der Waals surface area contributed by atoms with Gasteiger partial charge < -0.3 is 15.2 Å². The maximum Gasteiger partial charge on any atom is 0.213 e. The fraction of sp³-hybridized carbons (Fsp3) is 0.765. The Hall–Kier alpha value is -1.61. The van der Waals surface area contributed by atoms with Gasteiger partial charge in [-0.2, -0.15) is 0 Å². The van der Waals surface area contributed by atoms with Crippen LogP contribution in [0.4, 0.5) is 0 Å². The van der Waals surface area contributed by atoms with Crippen LogP contribution in [0.15, 0.2) is 17.4 Å². The molecule has 0 spiro atoms. The monoisotopic (exact) mass is 384 g/mol. The van der Waals surface area contributed by atoms with E-state index in [1.54, 1.807) is 18.3 Å². The zero-order valence-corrected chi connectivity index (χ0v) is 17.1. The number of aromatic nitrogens is 2. The SMILES string of the molecule is CCS(=O)(=O)N1CCC(NC(=NC)NCc2nccn2CC(C)C)CC1. The van der Waals surface area contributed by atoms with Gasteiger partial charge in [0.05, 0.1) is 12.3 Å². The number of hydrogen-bond donors (Lipinski definition) is 2. The van der Waals surface area contributed by atoms with E-state index in [0.717, 1.165) is 31.2 Å². The second kappa shape index (κ2) is 9.36. The second-order valence-corrected chi connectivity index (χ2v) is 9.29. The Balaban J connectivity index is 1.83. The molecule has 1 aliphatic rings. The summed E-state index contributed by atoms with van der Waals surface area (Å²) < 4.78 is 27.6. The van der Waals surface area contributed by atoms with Crippen LogP contribution in [0.3, 0.4) is 0 Å². The van der Waals surface area contributed by atoms with Crippen molar-refractivity contribution in [1.82, 2.24) is 24.5 Å². The van der Waals surface area contributed by atoms with Crippen LogP contribution in [-0.2, 0) is 23.1 Å². The van der Waals surface area contributed by atoms with E-state index in [2.05, 4.69) is 39.0 Å². The standard InChI is InChI=1S/C17H32N6O2S/c1-5-26(24,25)23-9-6-15(7-10-23)21-17(18-4)20-12-16-19-8-11-22(16)13-14(2)3/h8,11,14-15H,5-7,9-10,12-13H2,1-4H3,(H2,18,20,21). The van der Waals surface area contributed by atoms with Crippen molar-refractivity contribution in [1.29, 1.82) is 0 Å². The molecule has 0 atom stereocenters. The summed E-state index contributed by atoms with van der Waals surface area (Å²) in [6.45, 7) is 8.71. The number of nitrogens with one attached hydrogen (secondary N) is 2. The average molecular weight is 385 g/mol. The molecule has 1 aliphatic heterocycles. The highest BCUT2D eigenvalue weighted by atomic mass is 32.2. The number of rotatable bonds is 7. The molecule has 2 rings (SSSR count). The first kappa shape index (κ1) is 20.7. The molecule has 0 saturated carbocycles. The first-order valence-electron chi connectivity index (χ1n) is 9.30. The number of hydrogen-bond acceptors (Lipinski definition) is 4. The molecular weight excluding hydrogens is 352 g/mol. The molecule has 8 nitrogen and oxygen atoms in total. The maximum absolute atomic E-state index is 11.9. The van der Waals surface area contributed by atoms with Crippen LogP contribution < -0.4 is 10.6 Å². The smallest absolute Gasteiger partial charge is 0.213 e. The lowest BCUT2D eigenvalue weighted by Gasteiger charge is -2.32. The molecule has 148 valence electrons. The number of imidazole rings is 1. The van der Waals surface area contributed by atoms with E-state index in [9.17, 15) is 8.42 Å². The highest BCUT2D eigenvalue weighted by Gasteiger charge is 2.27. The average Bonchev–Trinajstić information content (AvgIpc) is 3.05. The van der Waals surface area contributed by atoms with Crippen molar-refractivity contribution in [3.63, 3.8) is 0 Å². The van der Waals surface area contributed by atoms with Crippen molar-refractivity contribution in [2.24, 2.45) is 10.9 Å². The van der Waals surface area contributed by atoms with Gasteiger partial charge in [0.25, 0.3) is 0 Å². The minimum atomic E-state index is -3.08. The van der Waals surface area contributed by atoms with Crippen molar-refractivity contribution >= 4 is 16.0 Å². The van der Waals surface area contributed by atoms with Crippen molar-refractivity contribution < 1.29 is 8.42 Å². The third-order valence-electron chi connectivity index (χ3n) is 4.55. The largest absolute Gasteiger partial charge is 0.354 e. The summed E-state index contributed by atoms with van der Waals surface area (Å²) in [7, 11) is -1.34. The molecule has 1 aromatic heterocycles. The molecular formula is C17H32N6O2S. The second-order valence-electron chi connectivity index (χ2n) is 7.03. The van der Waals surface area contributed by atoms with E-state index in [-0.39, 0.29) is 11.8 Å². The third-order valence-corrected chi connectivity index (χ3v) is 6.44. The molecule has 0 aromatic carbocycles. The normalized spacial score (nSPS) is 17.7. The van der Waals surface area contributed by atoms with Gasteiger partial charge in [-0.15, -0.1) is 0 Å². The molecule has 2 N–H and O–H groups in total. The Morgan fingerprint density at radius 1 is 1.38 bits per heavy atom. The lowest BCUT2D eigenvalue weighted by atomic mass is 10.1. The molecule has 0 unspecified atom stereocenters. The van der Waals surface area contributed by atoms with Crippen molar-refractivity contribution in [2.45, 2.75) is 52.7 Å². The van der Waals surface area contributed by atoms with Crippen LogP contribution in [0.1, 0.15) is 39.4 Å². The van der Waals surface area contributed by atoms with Crippen LogP contribution in [0.2, 0.25) is 0 Å². The number of sulfonamides is 1. The van der Waals surface area contributed by atoms with Crippen LogP contribution in [0, 0.1) is 5.92 Å². The number of aliphatic imine (C=N–C) groups is 1. The zero-order chi connectivity index (χ0) is 19.2. The summed E-state index contributed by atoms with van der Waals surface area (Å²) in [5.41, 5.74) is 0. The van der Waals surface area contributed by atoms with Gasteiger partial charge in [-0.1, -0.05) is 13.8 Å². The molecule has 0 aliphatic carbocycles. The van der Waals surface area contributed by atoms with Crippen LogP contribution in [0.5, 0.6) is 0 Å². The lowest BCUT2D eigenvalue weighted by Crippen LogP contribution is -2.49. The Kier molecular flexibility index (Phi) is 7.45. The van der Waals surface area contributed by atoms with Crippen molar-refractivity contribution in [2.75, 3.05) is 25.9 Å². The van der Waals surface area contributed by atoms with Gasteiger partial charge in [0.15, 0.2) is 5.96 Å². The minimum absolute atomic E-state index is 0.164. The van der Waals surface area contributed by atoms with E-state index < -0.39 is 10.0 Å². The topological polar surface area (TPSA) is 91.6 Å². The summed E-state index contributed by atoms with van der Waals surface area (Å²) in [6.07, 6.45) is 5.38. The van der Waals surface area contributed by atoms with Gasteiger partial charge in [0, 0.05) is 45.1 Å². The maximum atomic E-state index is 11.9. The summed E-state index contributed by atoms with van der Waals surface area (Å²) in [5, 5.41) is 6.71. The van der Waals surface area contributed by atoms with Crippen molar-refractivity contribution in [3.05, 3.63) is 18.2 Å². The quantitative estimate of drug-likeness (QED) is 0.541. The van der Waals surface area contributed by atoms with E-state index in [0.29, 0.717) is 25.6 Å². The molecule has 1 saturated heterocycles. The van der Waals surface area contributed by atoms with Crippen LogP contribution >= 0.6 is 0 Å². The van der Waals surface area contributed by atoms with Crippen LogP contribution in [0.25, 0.3) is 0 Å². The van der Waals surface area contributed by atoms with Gasteiger partial charge >= 0.3 is 0 Å². The first-order valence-corrected chi connectivity index (χ1v) is 10.9. The summed E-state index contributed by atoms with van der Waals surface area (Å²) >= 11 is 0. The van der Waals surface area contributed by atoms with E-state index >= 15 is 0 Å². The zero-order valence-electron chi connectivity index (χ0n) is 16.3. The summed E-state index contributed by atoms with van der Waals surface area (Å²) in [4.78, 5) is 8.69. The molecule has 0 bridgehead atoms. The molecule has 1 aromatic rings. The Morgan fingerprint density at radius 3 is 2.65 bits per heavy atom. The third kappa shape index (κ3) is 5.70. The van der Waals surface area contributed by atoms with Crippen molar-refractivity contribution in [3.8, 4) is 0 Å². The molecule has 0 radical (unpaired) electrons. The van der Waals surface area contributed by atoms with Gasteiger partial charge in [-0.3, -0.25) is 4.99 Å². The fourth-order valence-electron chi connectivity index (χ4n) is 3.08. The Labute approximate surface area is 157 Å². The van der Waals surface area contributed by atoms with E-state index in [1.165, 1.54) is 0 Å². The highest BCUT2D eigenvalue weighted by Crippen LogP contribution is 2.14. The van der Waals surface area contributed by atoms with Gasteiger partial charge in [0.1, 0.15) is 5.82 Å². The summed E-state index contributed by atoms with van der Waals surface area (Å²) in [6, 6.07) is 0.222. The van der Waals surface area contributed by atoms with Gasteiger partial charge in [-0.25, -0.2) is 17.7 Å². The van der Waals surface area contributed by atoms with Crippen LogP contribution in [-0.4, -0.2) is 60.2 Å². The first-order chi connectivity index (χ1) is 12.4. The Bertz CT molecular complexity index is 690. The minimum Gasteiger partial charge on any atom is -0.354 e. The number of nitrogens with zero attached hydrogens (tertiary/aromatic N) is 4. The predicted molar refractivity (Wildman–Crippen MR) is 104 cm³/mol. The molecule has 9 heteroatoms. The van der Waals surface area contributed by atoms with E-state index in [1.807, 2.05) is 12.4 Å². The highest BCUT2D eigenvalue weighted by molar-refractivity contribution is 7.89. The predicted octanol–water partition coefficient (Wildman–Crippen LogP) is 1.02. The molecule has 1 fully saturated rings. The molecule has 0 amide bonds. The molecule has 26 heavy (non-hydrogen) atoms. The van der Waals surface area contributed by atoms with Gasteiger partial charge in [-0.05, 0) is 25.7 Å². The van der Waals surface area contributed by atoms with E-state index in [4.69, 9.17) is 0 Å². The Morgan fingerprint density at radius 2 is 2.08 bits per heavy atom. The molecule has 2 heterocycles. The fourth-order valence-corrected chi connectivity index (χ4v) is 4.21. The van der Waals surface area contributed by atoms with Gasteiger partial charge in [0.2, 0.25) is 10.0 Å². The summed E-state index contributed by atoms with van der Waals surface area (Å²) in [5.74, 6) is 2.42. The lowest BCUT2D eigenvalue weighted by molar-refractivity contribution is 0.306.